The van der Waals surface area contributed by atoms with Crippen molar-refractivity contribution in [3.63, 3.8) is 0 Å². The van der Waals surface area contributed by atoms with Crippen molar-refractivity contribution in [2.24, 2.45) is 5.73 Å². The molecule has 0 aromatic rings. The van der Waals surface area contributed by atoms with Gasteiger partial charge < -0.3 is 11.1 Å². The van der Waals surface area contributed by atoms with E-state index < -0.39 is 11.8 Å². The summed E-state index contributed by atoms with van der Waals surface area (Å²) in [5.41, 5.74) is 4.80. The van der Waals surface area contributed by atoms with Crippen LogP contribution in [0.5, 0.6) is 0 Å². The van der Waals surface area contributed by atoms with Crippen molar-refractivity contribution in [3.8, 4) is 0 Å². The highest BCUT2D eigenvalue weighted by Gasteiger charge is 2.44. The number of nitrogens with two attached hydrogens (primary N) is 1. The number of amides is 1. The van der Waals surface area contributed by atoms with E-state index in [-0.39, 0.29) is 25.4 Å². The molecule has 11 heavy (non-hydrogen) atoms. The number of carbonyl (C=O) groups excluding carboxylic acids is 1. The lowest BCUT2D eigenvalue weighted by Crippen LogP contribution is -2.50. The molecule has 1 amide bonds. The number of alkyl halides is 2. The summed E-state index contributed by atoms with van der Waals surface area (Å²) >= 11 is 0. The van der Waals surface area contributed by atoms with E-state index in [0.717, 1.165) is 0 Å². The van der Waals surface area contributed by atoms with Crippen LogP contribution >= 0.6 is 0 Å². The van der Waals surface area contributed by atoms with Gasteiger partial charge in [0.05, 0.1) is 6.54 Å². The van der Waals surface area contributed by atoms with Crippen LogP contribution in [0.4, 0.5) is 8.78 Å². The minimum atomic E-state index is -2.53. The van der Waals surface area contributed by atoms with Gasteiger partial charge in [-0.2, -0.15) is 0 Å². The molecule has 5 heteroatoms. The standard InChI is InChI=1S/C6H10F2N2O/c7-6(8)1-4(2-6)10-3-5(9)11/h4,10H,1-3H2,(H2,9,11). The van der Waals surface area contributed by atoms with Crippen LogP contribution in [0.25, 0.3) is 0 Å². The third-order valence-corrected chi connectivity index (χ3v) is 1.66. The van der Waals surface area contributed by atoms with Crippen LogP contribution in [-0.2, 0) is 4.79 Å². The summed E-state index contributed by atoms with van der Waals surface area (Å²) in [5, 5.41) is 2.62. The van der Waals surface area contributed by atoms with Crippen molar-refractivity contribution in [2.75, 3.05) is 6.54 Å². The summed E-state index contributed by atoms with van der Waals surface area (Å²) in [7, 11) is 0. The average molecular weight is 164 g/mol. The molecular weight excluding hydrogens is 154 g/mol. The molecule has 0 aromatic carbocycles. The molecule has 1 fully saturated rings. The molecule has 1 saturated carbocycles. The van der Waals surface area contributed by atoms with E-state index in [0.29, 0.717) is 0 Å². The van der Waals surface area contributed by atoms with Crippen molar-refractivity contribution >= 4 is 5.91 Å². The monoisotopic (exact) mass is 164 g/mol. The normalized spacial score (nSPS) is 22.7. The van der Waals surface area contributed by atoms with Gasteiger partial charge in [-0.15, -0.1) is 0 Å². The van der Waals surface area contributed by atoms with Crippen LogP contribution in [0.15, 0.2) is 0 Å². The van der Waals surface area contributed by atoms with Crippen LogP contribution < -0.4 is 11.1 Å². The van der Waals surface area contributed by atoms with Gasteiger partial charge in [0.15, 0.2) is 0 Å². The van der Waals surface area contributed by atoms with Crippen LogP contribution in [-0.4, -0.2) is 24.4 Å². The number of carbonyl (C=O) groups is 1. The Bertz CT molecular complexity index is 164. The lowest BCUT2D eigenvalue weighted by molar-refractivity contribution is -0.119. The zero-order valence-corrected chi connectivity index (χ0v) is 5.94. The number of hydrogen-bond acceptors (Lipinski definition) is 2. The first-order chi connectivity index (χ1) is 4.99. The third kappa shape index (κ3) is 2.42. The molecule has 0 aromatic heterocycles. The van der Waals surface area contributed by atoms with E-state index >= 15 is 0 Å². The van der Waals surface area contributed by atoms with Gasteiger partial charge >= 0.3 is 0 Å². The molecule has 0 bridgehead atoms. The lowest BCUT2D eigenvalue weighted by atomic mass is 9.88. The highest BCUT2D eigenvalue weighted by atomic mass is 19.3. The summed E-state index contributed by atoms with van der Waals surface area (Å²) in [6, 6.07) is -0.238. The molecule has 0 heterocycles. The number of rotatable bonds is 3. The van der Waals surface area contributed by atoms with Crippen molar-refractivity contribution in [1.29, 1.82) is 0 Å². The molecule has 3 nitrogen and oxygen atoms in total. The van der Waals surface area contributed by atoms with Gasteiger partial charge in [-0.05, 0) is 0 Å². The van der Waals surface area contributed by atoms with E-state index in [9.17, 15) is 13.6 Å². The maximum Gasteiger partial charge on any atom is 0.251 e. The van der Waals surface area contributed by atoms with Crippen LogP contribution in [0.3, 0.4) is 0 Å². The molecule has 1 rings (SSSR count). The molecule has 0 unspecified atom stereocenters. The van der Waals surface area contributed by atoms with Gasteiger partial charge in [-0.1, -0.05) is 0 Å². The second kappa shape index (κ2) is 2.73. The van der Waals surface area contributed by atoms with Gasteiger partial charge in [0, 0.05) is 18.9 Å². The zero-order valence-electron chi connectivity index (χ0n) is 5.94. The maximum absolute atomic E-state index is 12.2. The fraction of sp³-hybridized carbons (Fsp3) is 0.833. The maximum atomic E-state index is 12.2. The van der Waals surface area contributed by atoms with Crippen molar-refractivity contribution < 1.29 is 13.6 Å². The van der Waals surface area contributed by atoms with Gasteiger partial charge in [0.25, 0.3) is 5.92 Å². The SMILES string of the molecule is NC(=O)CNC1CC(F)(F)C1. The first kappa shape index (κ1) is 8.39. The zero-order chi connectivity index (χ0) is 8.48. The smallest absolute Gasteiger partial charge is 0.251 e. The first-order valence-corrected chi connectivity index (χ1v) is 3.39. The van der Waals surface area contributed by atoms with Crippen LogP contribution in [0.2, 0.25) is 0 Å². The van der Waals surface area contributed by atoms with E-state index in [1.54, 1.807) is 0 Å². The third-order valence-electron chi connectivity index (χ3n) is 1.66. The van der Waals surface area contributed by atoms with E-state index in [2.05, 4.69) is 5.32 Å². The quantitative estimate of drug-likeness (QED) is 0.610. The van der Waals surface area contributed by atoms with Gasteiger partial charge in [0.1, 0.15) is 0 Å². The summed E-state index contributed by atoms with van der Waals surface area (Å²) in [4.78, 5) is 10.2. The van der Waals surface area contributed by atoms with Gasteiger partial charge in [-0.3, -0.25) is 4.79 Å². The van der Waals surface area contributed by atoms with E-state index in [1.807, 2.05) is 0 Å². The fourth-order valence-corrected chi connectivity index (χ4v) is 1.05. The van der Waals surface area contributed by atoms with Crippen molar-refractivity contribution in [2.45, 2.75) is 24.8 Å². The topological polar surface area (TPSA) is 55.1 Å². The highest BCUT2D eigenvalue weighted by molar-refractivity contribution is 5.75. The summed E-state index contributed by atoms with van der Waals surface area (Å²) in [5.74, 6) is -3.05. The highest BCUT2D eigenvalue weighted by Crippen LogP contribution is 2.37. The summed E-state index contributed by atoms with van der Waals surface area (Å²) in [6.07, 6.45) is -0.361. The molecule has 1 aliphatic rings. The Labute approximate surface area is 62.9 Å². The minimum absolute atomic E-state index is 0.0131. The molecule has 3 N–H and O–H groups in total. The van der Waals surface area contributed by atoms with E-state index in [4.69, 9.17) is 5.73 Å². The molecular formula is C6H10F2N2O. The van der Waals surface area contributed by atoms with Crippen molar-refractivity contribution in [1.82, 2.24) is 5.32 Å². The fourth-order valence-electron chi connectivity index (χ4n) is 1.05. The molecule has 1 aliphatic carbocycles. The van der Waals surface area contributed by atoms with Crippen LogP contribution in [0, 0.1) is 0 Å². The molecule has 0 atom stereocenters. The predicted molar refractivity (Wildman–Crippen MR) is 35.2 cm³/mol. The Balaban J connectivity index is 2.09. The van der Waals surface area contributed by atoms with Crippen molar-refractivity contribution in [3.05, 3.63) is 0 Å². The van der Waals surface area contributed by atoms with Gasteiger partial charge in [0.2, 0.25) is 5.91 Å². The molecule has 0 radical (unpaired) electrons. The Hall–Kier alpha value is -0.710. The molecule has 0 saturated heterocycles. The Morgan fingerprint density at radius 1 is 1.64 bits per heavy atom. The summed E-state index contributed by atoms with van der Waals surface area (Å²) in [6.45, 7) is -0.0131. The minimum Gasteiger partial charge on any atom is -0.369 e. The van der Waals surface area contributed by atoms with E-state index in [1.165, 1.54) is 0 Å². The predicted octanol–water partition coefficient (Wildman–Crippen LogP) is -0.141. The van der Waals surface area contributed by atoms with Crippen LogP contribution in [0.1, 0.15) is 12.8 Å². The Kier molecular flexibility index (Phi) is 2.08. The number of halogens is 2. The lowest BCUT2D eigenvalue weighted by Gasteiger charge is -2.35. The first-order valence-electron chi connectivity index (χ1n) is 3.39. The largest absolute Gasteiger partial charge is 0.369 e. The number of nitrogens with one attached hydrogen (secondary N) is 1. The number of hydrogen-bond donors (Lipinski definition) is 2. The average Bonchev–Trinajstić information content (AvgIpc) is 1.78. The Morgan fingerprint density at radius 3 is 2.55 bits per heavy atom. The summed E-state index contributed by atoms with van der Waals surface area (Å²) < 4.78 is 24.3. The second-order valence-corrected chi connectivity index (χ2v) is 2.81. The molecule has 0 aliphatic heterocycles. The second-order valence-electron chi connectivity index (χ2n) is 2.81. The van der Waals surface area contributed by atoms with Gasteiger partial charge in [-0.25, -0.2) is 8.78 Å². The molecule has 0 spiro atoms. The number of primary amides is 1. The molecule has 64 valence electrons. The Morgan fingerprint density at radius 2 is 2.18 bits per heavy atom.